The molecule has 0 radical (unpaired) electrons. The second-order valence-electron chi connectivity index (χ2n) is 5.29. The minimum atomic E-state index is -4.24. The smallest absolute Gasteiger partial charge is 0.268 e. The molecule has 0 amide bonds. The average Bonchev–Trinajstić information content (AvgIpc) is 2.34. The molecule has 1 aromatic carbocycles. The van der Waals surface area contributed by atoms with Gasteiger partial charge in [0, 0.05) is 0 Å². The molecule has 0 saturated heterocycles. The molecular formula is C13H22NO5P. The Morgan fingerprint density at radius 1 is 1.05 bits per heavy atom. The normalized spacial score (nSPS) is 14.8. The van der Waals surface area contributed by atoms with Crippen molar-refractivity contribution < 1.29 is 27.7 Å². The third-order valence-corrected chi connectivity index (χ3v) is 3.35. The Labute approximate surface area is 120 Å². The first kappa shape index (κ1) is 17.1. The quantitative estimate of drug-likeness (QED) is 0.390. The van der Waals surface area contributed by atoms with Gasteiger partial charge in [0.1, 0.15) is 25.5 Å². The number of hydrogen-bond donors (Lipinski definition) is 0. The first-order valence-corrected chi connectivity index (χ1v) is 7.83. The first-order chi connectivity index (χ1) is 9.29. The Bertz CT molecular complexity index is 432. The predicted molar refractivity (Wildman–Crippen MR) is 74.3 cm³/mol. The van der Waals surface area contributed by atoms with E-state index in [9.17, 15) is 9.46 Å². The van der Waals surface area contributed by atoms with Gasteiger partial charge in [-0.1, -0.05) is 18.2 Å². The molecule has 114 valence electrons. The zero-order valence-electron chi connectivity index (χ0n) is 12.2. The maximum Gasteiger partial charge on any atom is 0.268 e. The molecule has 0 aliphatic heterocycles. The molecule has 0 spiro atoms. The lowest BCUT2D eigenvalue weighted by molar-refractivity contribution is -0.870. The summed E-state index contributed by atoms with van der Waals surface area (Å²) in [6.45, 7) is 0.759. The molecule has 0 aliphatic rings. The molecule has 0 saturated carbocycles. The van der Waals surface area contributed by atoms with Gasteiger partial charge >= 0.3 is 0 Å². The fourth-order valence-electron chi connectivity index (χ4n) is 1.29. The van der Waals surface area contributed by atoms with Crippen LogP contribution in [-0.4, -0.2) is 52.0 Å². The molecule has 1 rings (SSSR count). The number of phosphoric ester groups is 1. The Balaban J connectivity index is 2.18. The van der Waals surface area contributed by atoms with Crippen molar-refractivity contribution in [3.63, 3.8) is 0 Å². The zero-order valence-corrected chi connectivity index (χ0v) is 13.0. The summed E-state index contributed by atoms with van der Waals surface area (Å²) in [6, 6.07) is 9.12. The first-order valence-electron chi connectivity index (χ1n) is 6.37. The summed E-state index contributed by atoms with van der Waals surface area (Å²) in [5, 5.41) is 0. The van der Waals surface area contributed by atoms with Gasteiger partial charge in [-0.15, -0.1) is 0 Å². The third-order valence-electron chi connectivity index (χ3n) is 2.36. The number of nitrogens with zero attached hydrogens (tertiary/aromatic N) is 1. The molecular weight excluding hydrogens is 281 g/mol. The van der Waals surface area contributed by atoms with Crippen LogP contribution in [0.4, 0.5) is 0 Å². The average molecular weight is 303 g/mol. The molecule has 1 unspecified atom stereocenters. The van der Waals surface area contributed by atoms with Crippen LogP contribution in [0.25, 0.3) is 0 Å². The highest BCUT2D eigenvalue weighted by Crippen LogP contribution is 2.37. The summed E-state index contributed by atoms with van der Waals surface area (Å²) in [5.74, 6) is 0.669. The molecule has 0 heterocycles. The molecule has 0 aliphatic carbocycles. The molecule has 0 aromatic heterocycles. The van der Waals surface area contributed by atoms with Crippen molar-refractivity contribution in [2.45, 2.75) is 0 Å². The number of quaternary nitrogens is 1. The largest absolute Gasteiger partial charge is 0.756 e. The summed E-state index contributed by atoms with van der Waals surface area (Å²) < 4.78 is 26.9. The summed E-state index contributed by atoms with van der Waals surface area (Å²) in [7, 11) is 1.62. The van der Waals surface area contributed by atoms with Crippen molar-refractivity contribution in [1.82, 2.24) is 0 Å². The van der Waals surface area contributed by atoms with E-state index in [0.717, 1.165) is 0 Å². The van der Waals surface area contributed by atoms with E-state index in [1.807, 2.05) is 39.3 Å². The second-order valence-corrected chi connectivity index (χ2v) is 6.70. The lowest BCUT2D eigenvalue weighted by atomic mass is 10.3. The Kier molecular flexibility index (Phi) is 6.65. The fourth-order valence-corrected chi connectivity index (χ4v) is 1.97. The molecule has 1 atom stereocenters. The van der Waals surface area contributed by atoms with Crippen LogP contribution in [0.1, 0.15) is 0 Å². The zero-order chi connectivity index (χ0) is 15.1. The molecule has 0 N–H and O–H groups in total. The van der Waals surface area contributed by atoms with Crippen molar-refractivity contribution in [1.29, 1.82) is 0 Å². The molecule has 0 fully saturated rings. The summed E-state index contributed by atoms with van der Waals surface area (Å²) in [6.07, 6.45) is 0. The number of benzene rings is 1. The van der Waals surface area contributed by atoms with Crippen LogP contribution in [0.15, 0.2) is 30.3 Å². The number of para-hydroxylation sites is 1. The van der Waals surface area contributed by atoms with Gasteiger partial charge in [-0.3, -0.25) is 4.57 Å². The van der Waals surface area contributed by atoms with E-state index in [4.69, 9.17) is 13.8 Å². The van der Waals surface area contributed by atoms with E-state index in [0.29, 0.717) is 16.8 Å². The van der Waals surface area contributed by atoms with Crippen LogP contribution in [0.5, 0.6) is 5.75 Å². The molecule has 0 bridgehead atoms. The summed E-state index contributed by atoms with van der Waals surface area (Å²) >= 11 is 0. The van der Waals surface area contributed by atoms with E-state index in [-0.39, 0.29) is 19.8 Å². The van der Waals surface area contributed by atoms with Crippen LogP contribution in [-0.2, 0) is 13.6 Å². The lowest BCUT2D eigenvalue weighted by Crippen LogP contribution is -2.37. The van der Waals surface area contributed by atoms with Crippen LogP contribution in [0.2, 0.25) is 0 Å². The Morgan fingerprint density at radius 2 is 1.65 bits per heavy atom. The van der Waals surface area contributed by atoms with Gasteiger partial charge in [0.2, 0.25) is 0 Å². The lowest BCUT2D eigenvalue weighted by Gasteiger charge is -2.27. The predicted octanol–water partition coefficient (Wildman–Crippen LogP) is 1.27. The minimum Gasteiger partial charge on any atom is -0.756 e. The molecule has 1 aromatic rings. The van der Waals surface area contributed by atoms with Gasteiger partial charge < -0.3 is 23.2 Å². The van der Waals surface area contributed by atoms with Gasteiger partial charge in [0.15, 0.2) is 0 Å². The van der Waals surface area contributed by atoms with E-state index < -0.39 is 7.82 Å². The number of hydrogen-bond acceptors (Lipinski definition) is 5. The molecule has 20 heavy (non-hydrogen) atoms. The van der Waals surface area contributed by atoms with Gasteiger partial charge in [0.05, 0.1) is 27.7 Å². The molecule has 7 heteroatoms. The second kappa shape index (κ2) is 7.76. The van der Waals surface area contributed by atoms with Crippen molar-refractivity contribution in [2.24, 2.45) is 0 Å². The fraction of sp³-hybridized carbons (Fsp3) is 0.538. The van der Waals surface area contributed by atoms with Crippen molar-refractivity contribution in [3.05, 3.63) is 30.3 Å². The van der Waals surface area contributed by atoms with Crippen LogP contribution in [0, 0.1) is 0 Å². The van der Waals surface area contributed by atoms with E-state index in [1.54, 1.807) is 12.1 Å². The highest BCUT2D eigenvalue weighted by Gasteiger charge is 2.13. The SMILES string of the molecule is C[N+](C)(C)CCOP(=O)([O-])OCCOc1ccccc1. The Hall–Kier alpha value is -0.910. The van der Waals surface area contributed by atoms with Gasteiger partial charge in [0.25, 0.3) is 7.82 Å². The maximum atomic E-state index is 11.4. The van der Waals surface area contributed by atoms with Gasteiger partial charge in [-0.05, 0) is 12.1 Å². The summed E-state index contributed by atoms with van der Waals surface area (Å²) in [4.78, 5) is 11.4. The highest BCUT2D eigenvalue weighted by molar-refractivity contribution is 7.45. The highest BCUT2D eigenvalue weighted by atomic mass is 31.2. The maximum absolute atomic E-state index is 11.4. The van der Waals surface area contributed by atoms with Crippen LogP contribution < -0.4 is 9.63 Å². The topological polar surface area (TPSA) is 67.8 Å². The number of ether oxygens (including phenoxy) is 1. The Morgan fingerprint density at radius 3 is 2.25 bits per heavy atom. The monoisotopic (exact) mass is 303 g/mol. The number of likely N-dealkylation sites (N-methyl/N-ethyl adjacent to an activating group) is 1. The van der Waals surface area contributed by atoms with E-state index in [2.05, 4.69) is 0 Å². The number of rotatable bonds is 9. The standard InChI is InChI=1S/C13H22NO5P/c1-14(2,3)9-10-18-20(15,16)19-12-11-17-13-7-5-4-6-8-13/h4-8H,9-12H2,1-3H3. The summed E-state index contributed by atoms with van der Waals surface area (Å²) in [5.41, 5.74) is 0. The van der Waals surface area contributed by atoms with Crippen molar-refractivity contribution >= 4 is 7.82 Å². The van der Waals surface area contributed by atoms with Gasteiger partial charge in [-0.25, -0.2) is 0 Å². The van der Waals surface area contributed by atoms with Gasteiger partial charge in [-0.2, -0.15) is 0 Å². The van der Waals surface area contributed by atoms with Crippen LogP contribution in [0.3, 0.4) is 0 Å². The molecule has 6 nitrogen and oxygen atoms in total. The van der Waals surface area contributed by atoms with Crippen molar-refractivity contribution in [3.8, 4) is 5.75 Å². The van der Waals surface area contributed by atoms with E-state index >= 15 is 0 Å². The third kappa shape index (κ3) is 8.30. The van der Waals surface area contributed by atoms with E-state index in [1.165, 1.54) is 0 Å². The van der Waals surface area contributed by atoms with Crippen LogP contribution >= 0.6 is 7.82 Å². The number of phosphoric acid groups is 1. The minimum absolute atomic E-state index is 0.0694. The van der Waals surface area contributed by atoms with Crippen molar-refractivity contribution in [2.75, 3.05) is 47.5 Å².